The number of rotatable bonds is 3. The first-order valence-electron chi connectivity index (χ1n) is 10.2. The lowest BCUT2D eigenvalue weighted by atomic mass is 10.0. The third-order valence-corrected chi connectivity index (χ3v) is 5.65. The maximum atomic E-state index is 6.36. The maximum absolute atomic E-state index is 6.36. The van der Waals surface area contributed by atoms with Crippen LogP contribution in [0.15, 0.2) is 101 Å². The van der Waals surface area contributed by atoms with Gasteiger partial charge in [0.25, 0.3) is 0 Å². The third-order valence-electron chi connectivity index (χ3n) is 5.48. The molecule has 0 saturated heterocycles. The standard InChI is InChI=1S/C27H16ClN3O/c28-27-30-25(19-11-6-10-18(16-19)17-8-2-1-3-9-17)29-26(31-27)21-13-7-15-23-24(21)20-12-4-5-14-22(20)32-23/h1-16H. The Bertz CT molecular complexity index is 1590. The monoisotopic (exact) mass is 433 g/mol. The van der Waals surface area contributed by atoms with E-state index in [2.05, 4.69) is 34.2 Å². The first kappa shape index (κ1) is 18.7. The number of nitrogens with zero attached hydrogens (tertiary/aromatic N) is 3. The molecule has 0 N–H and O–H groups in total. The van der Waals surface area contributed by atoms with Crippen LogP contribution in [0.5, 0.6) is 0 Å². The van der Waals surface area contributed by atoms with Crippen LogP contribution in [0.3, 0.4) is 0 Å². The van der Waals surface area contributed by atoms with Gasteiger partial charge in [0.05, 0.1) is 0 Å². The quantitative estimate of drug-likeness (QED) is 0.291. The topological polar surface area (TPSA) is 51.8 Å². The molecule has 32 heavy (non-hydrogen) atoms. The molecule has 6 aromatic rings. The van der Waals surface area contributed by atoms with Crippen LogP contribution in [0.25, 0.3) is 55.8 Å². The summed E-state index contributed by atoms with van der Waals surface area (Å²) in [5.41, 5.74) is 5.56. The van der Waals surface area contributed by atoms with E-state index < -0.39 is 0 Å². The van der Waals surface area contributed by atoms with Gasteiger partial charge in [-0.25, -0.2) is 4.98 Å². The number of halogens is 1. The highest BCUT2D eigenvalue weighted by Crippen LogP contribution is 2.36. The summed E-state index contributed by atoms with van der Waals surface area (Å²) in [5, 5.41) is 2.14. The summed E-state index contributed by atoms with van der Waals surface area (Å²) in [6, 6.07) is 32.2. The summed E-state index contributed by atoms with van der Waals surface area (Å²) in [6.07, 6.45) is 0. The molecular weight excluding hydrogens is 418 g/mol. The maximum Gasteiger partial charge on any atom is 0.226 e. The van der Waals surface area contributed by atoms with Gasteiger partial charge >= 0.3 is 0 Å². The van der Waals surface area contributed by atoms with Crippen LogP contribution >= 0.6 is 11.6 Å². The highest BCUT2D eigenvalue weighted by molar-refractivity contribution is 6.28. The molecule has 0 unspecified atom stereocenters. The van der Waals surface area contributed by atoms with Gasteiger partial charge in [-0.3, -0.25) is 0 Å². The molecule has 2 heterocycles. The van der Waals surface area contributed by atoms with Crippen LogP contribution in [0.2, 0.25) is 5.28 Å². The highest BCUT2D eigenvalue weighted by Gasteiger charge is 2.16. The van der Waals surface area contributed by atoms with Crippen LogP contribution in [0.4, 0.5) is 0 Å². The molecule has 0 aliphatic carbocycles. The van der Waals surface area contributed by atoms with Gasteiger partial charge in [-0.2, -0.15) is 9.97 Å². The zero-order valence-electron chi connectivity index (χ0n) is 16.9. The molecule has 0 spiro atoms. The molecule has 0 atom stereocenters. The Morgan fingerprint density at radius 3 is 2.16 bits per heavy atom. The number of hydrogen-bond acceptors (Lipinski definition) is 4. The second kappa shape index (κ2) is 7.59. The Morgan fingerprint density at radius 1 is 0.562 bits per heavy atom. The second-order valence-electron chi connectivity index (χ2n) is 7.48. The number of para-hydroxylation sites is 1. The number of furan rings is 1. The highest BCUT2D eigenvalue weighted by atomic mass is 35.5. The first-order chi connectivity index (χ1) is 15.8. The average molecular weight is 434 g/mol. The van der Waals surface area contributed by atoms with Crippen molar-refractivity contribution in [3.8, 4) is 33.9 Å². The Morgan fingerprint density at radius 2 is 1.25 bits per heavy atom. The van der Waals surface area contributed by atoms with Crippen molar-refractivity contribution >= 4 is 33.5 Å². The zero-order chi connectivity index (χ0) is 21.5. The van der Waals surface area contributed by atoms with Gasteiger partial charge in [-0.15, -0.1) is 0 Å². The number of hydrogen-bond donors (Lipinski definition) is 0. The van der Waals surface area contributed by atoms with Gasteiger partial charge in [0.1, 0.15) is 11.2 Å². The summed E-state index contributed by atoms with van der Waals surface area (Å²) in [7, 11) is 0. The van der Waals surface area contributed by atoms with E-state index in [1.807, 2.05) is 72.8 Å². The zero-order valence-corrected chi connectivity index (χ0v) is 17.6. The van der Waals surface area contributed by atoms with Crippen molar-refractivity contribution in [3.05, 3.63) is 102 Å². The predicted octanol–water partition coefficient (Wildman–Crippen LogP) is 7.43. The minimum Gasteiger partial charge on any atom is -0.456 e. The molecule has 5 heteroatoms. The molecule has 4 nitrogen and oxygen atoms in total. The molecule has 0 aliphatic rings. The van der Waals surface area contributed by atoms with Crippen molar-refractivity contribution in [2.45, 2.75) is 0 Å². The van der Waals surface area contributed by atoms with E-state index in [0.29, 0.717) is 11.6 Å². The van der Waals surface area contributed by atoms with E-state index in [1.165, 1.54) is 0 Å². The number of aromatic nitrogens is 3. The van der Waals surface area contributed by atoms with Gasteiger partial charge in [0.15, 0.2) is 11.6 Å². The summed E-state index contributed by atoms with van der Waals surface area (Å²) >= 11 is 6.36. The molecule has 0 amide bonds. The van der Waals surface area contributed by atoms with E-state index in [4.69, 9.17) is 21.0 Å². The van der Waals surface area contributed by atoms with Gasteiger partial charge in [0, 0.05) is 21.9 Å². The van der Waals surface area contributed by atoms with Crippen molar-refractivity contribution in [1.82, 2.24) is 15.0 Å². The molecule has 0 fully saturated rings. The summed E-state index contributed by atoms with van der Waals surface area (Å²) in [4.78, 5) is 13.7. The minimum atomic E-state index is 0.153. The van der Waals surface area contributed by atoms with Gasteiger partial charge in [0.2, 0.25) is 5.28 Å². The minimum absolute atomic E-state index is 0.153. The van der Waals surface area contributed by atoms with E-state index in [1.54, 1.807) is 0 Å². The van der Waals surface area contributed by atoms with Crippen molar-refractivity contribution in [2.75, 3.05) is 0 Å². The number of benzene rings is 4. The molecule has 6 rings (SSSR count). The van der Waals surface area contributed by atoms with Crippen LogP contribution in [0, 0.1) is 0 Å². The van der Waals surface area contributed by atoms with Crippen molar-refractivity contribution in [1.29, 1.82) is 0 Å². The SMILES string of the molecule is Clc1nc(-c2cccc(-c3ccccc3)c2)nc(-c2cccc3oc4ccccc4c23)n1. The Hall–Kier alpha value is -4.02. The number of fused-ring (bicyclic) bond motifs is 3. The molecule has 4 aromatic carbocycles. The average Bonchev–Trinajstić information content (AvgIpc) is 3.23. The summed E-state index contributed by atoms with van der Waals surface area (Å²) in [6.45, 7) is 0. The molecule has 0 radical (unpaired) electrons. The molecule has 2 aromatic heterocycles. The fourth-order valence-electron chi connectivity index (χ4n) is 4.03. The lowest BCUT2D eigenvalue weighted by Crippen LogP contribution is -1.97. The van der Waals surface area contributed by atoms with Crippen LogP contribution in [-0.4, -0.2) is 15.0 Å². The van der Waals surface area contributed by atoms with Crippen LogP contribution in [0.1, 0.15) is 0 Å². The Labute approximate surface area is 189 Å². The largest absolute Gasteiger partial charge is 0.456 e. The van der Waals surface area contributed by atoms with E-state index in [-0.39, 0.29) is 5.28 Å². The smallest absolute Gasteiger partial charge is 0.226 e. The lowest BCUT2D eigenvalue weighted by molar-refractivity contribution is 0.669. The van der Waals surface area contributed by atoms with Gasteiger partial charge < -0.3 is 4.42 Å². The van der Waals surface area contributed by atoms with E-state index in [0.717, 1.165) is 44.2 Å². The molecule has 0 aliphatic heterocycles. The van der Waals surface area contributed by atoms with E-state index in [9.17, 15) is 0 Å². The first-order valence-corrected chi connectivity index (χ1v) is 10.6. The Kier molecular flexibility index (Phi) is 4.44. The molecule has 0 saturated carbocycles. The predicted molar refractivity (Wildman–Crippen MR) is 128 cm³/mol. The molecule has 0 bridgehead atoms. The Balaban J connectivity index is 1.53. The van der Waals surface area contributed by atoms with Gasteiger partial charge in [-0.05, 0) is 40.9 Å². The second-order valence-corrected chi connectivity index (χ2v) is 7.81. The van der Waals surface area contributed by atoms with E-state index >= 15 is 0 Å². The molecule has 152 valence electrons. The summed E-state index contributed by atoms with van der Waals surface area (Å²) < 4.78 is 6.02. The lowest BCUT2D eigenvalue weighted by Gasteiger charge is -2.08. The summed E-state index contributed by atoms with van der Waals surface area (Å²) in [5.74, 6) is 1.05. The van der Waals surface area contributed by atoms with Crippen LogP contribution in [-0.2, 0) is 0 Å². The van der Waals surface area contributed by atoms with Crippen molar-refractivity contribution in [3.63, 3.8) is 0 Å². The molecular formula is C27H16ClN3O. The fourth-order valence-corrected chi connectivity index (χ4v) is 4.19. The van der Waals surface area contributed by atoms with Crippen molar-refractivity contribution in [2.24, 2.45) is 0 Å². The normalized spacial score (nSPS) is 11.3. The van der Waals surface area contributed by atoms with Crippen LogP contribution < -0.4 is 0 Å². The van der Waals surface area contributed by atoms with Crippen molar-refractivity contribution < 1.29 is 4.42 Å². The van der Waals surface area contributed by atoms with Gasteiger partial charge in [-0.1, -0.05) is 78.9 Å². The third kappa shape index (κ3) is 3.22. The fraction of sp³-hybridized carbons (Fsp3) is 0.